The number of nitrogens with zero attached hydrogens (tertiary/aromatic N) is 2. The van der Waals surface area contributed by atoms with Gasteiger partial charge in [0.2, 0.25) is 5.88 Å². The minimum Gasteiger partial charge on any atom is -0.481 e. The maximum Gasteiger partial charge on any atom is 0.217 e. The van der Waals surface area contributed by atoms with E-state index in [2.05, 4.69) is 16.0 Å². The summed E-state index contributed by atoms with van der Waals surface area (Å²) in [5.74, 6) is 1.54. The van der Waals surface area contributed by atoms with Crippen LogP contribution in [0.1, 0.15) is 31.2 Å². The zero-order valence-corrected chi connectivity index (χ0v) is 13.8. The number of pyridine rings is 1. The van der Waals surface area contributed by atoms with Gasteiger partial charge in [0.25, 0.3) is 0 Å². The van der Waals surface area contributed by atoms with Crippen molar-refractivity contribution in [3.05, 3.63) is 23.9 Å². The van der Waals surface area contributed by atoms with E-state index >= 15 is 0 Å². The van der Waals surface area contributed by atoms with Gasteiger partial charge in [-0.25, -0.2) is 4.98 Å². The van der Waals surface area contributed by atoms with E-state index in [1.54, 1.807) is 13.3 Å². The summed E-state index contributed by atoms with van der Waals surface area (Å²) in [5.41, 5.74) is 1.15. The summed E-state index contributed by atoms with van der Waals surface area (Å²) in [5, 5.41) is 0. The predicted octanol–water partition coefficient (Wildman–Crippen LogP) is 2.25. The fourth-order valence-corrected chi connectivity index (χ4v) is 3.86. The van der Waals surface area contributed by atoms with Gasteiger partial charge in [-0.1, -0.05) is 6.07 Å². The second-order valence-electron chi connectivity index (χ2n) is 6.94. The number of fused-ring (bicyclic) bond motifs is 1. The lowest BCUT2D eigenvalue weighted by molar-refractivity contribution is -0.116. The number of methoxy groups -OCH3 is 1. The third kappa shape index (κ3) is 3.37. The van der Waals surface area contributed by atoms with E-state index in [-0.39, 0.29) is 12.2 Å². The topological polar surface area (TPSA) is 43.8 Å². The summed E-state index contributed by atoms with van der Waals surface area (Å²) >= 11 is 0. The van der Waals surface area contributed by atoms with Gasteiger partial charge in [-0.05, 0) is 37.7 Å². The molecule has 0 unspecified atom stereocenters. The Labute approximate surface area is 137 Å². The van der Waals surface area contributed by atoms with Crippen LogP contribution >= 0.6 is 0 Å². The zero-order valence-electron chi connectivity index (χ0n) is 13.8. The van der Waals surface area contributed by atoms with Gasteiger partial charge >= 0.3 is 0 Å². The van der Waals surface area contributed by atoms with E-state index in [4.69, 9.17) is 14.2 Å². The highest BCUT2D eigenvalue weighted by atomic mass is 16.5. The standard InChI is InChI=1S/C18H26N2O3/c1-21-18-14(3-2-8-19-18)11-20-9-10-22-17-15(20)6-7-16(17)23-12-13-4-5-13/h2-3,8,13,15-17H,4-7,9-12H2,1H3/t15-,16+,17+/m0/s1. The summed E-state index contributed by atoms with van der Waals surface area (Å²) in [6, 6.07) is 4.54. The van der Waals surface area contributed by atoms with E-state index in [1.165, 1.54) is 12.8 Å². The lowest BCUT2D eigenvalue weighted by Crippen LogP contribution is -2.51. The first kappa shape index (κ1) is 15.4. The van der Waals surface area contributed by atoms with Gasteiger partial charge in [-0.2, -0.15) is 0 Å². The van der Waals surface area contributed by atoms with E-state index in [0.717, 1.165) is 56.5 Å². The first-order chi connectivity index (χ1) is 11.3. The summed E-state index contributed by atoms with van der Waals surface area (Å²) in [6.45, 7) is 3.55. The maximum absolute atomic E-state index is 6.15. The molecule has 1 aromatic heterocycles. The van der Waals surface area contributed by atoms with Crippen molar-refractivity contribution in [2.24, 2.45) is 5.92 Å². The number of morpholine rings is 1. The fourth-order valence-electron chi connectivity index (χ4n) is 3.86. The molecule has 0 aromatic carbocycles. The van der Waals surface area contributed by atoms with Crippen LogP contribution in [0.2, 0.25) is 0 Å². The molecule has 0 bridgehead atoms. The highest BCUT2D eigenvalue weighted by Gasteiger charge is 2.43. The van der Waals surface area contributed by atoms with Crippen LogP contribution in [0.15, 0.2) is 18.3 Å². The highest BCUT2D eigenvalue weighted by Crippen LogP contribution is 2.36. The molecule has 23 heavy (non-hydrogen) atoms. The summed E-state index contributed by atoms with van der Waals surface area (Å²) in [7, 11) is 1.69. The summed E-state index contributed by atoms with van der Waals surface area (Å²) in [6.07, 6.45) is 7.24. The number of hydrogen-bond acceptors (Lipinski definition) is 5. The minimum atomic E-state index is 0.227. The molecule has 0 spiro atoms. The van der Waals surface area contributed by atoms with E-state index in [0.29, 0.717) is 6.04 Å². The monoisotopic (exact) mass is 318 g/mol. The molecule has 3 atom stereocenters. The number of ether oxygens (including phenoxy) is 3. The molecule has 1 aromatic rings. The van der Waals surface area contributed by atoms with Crippen molar-refractivity contribution in [2.75, 3.05) is 26.9 Å². The smallest absolute Gasteiger partial charge is 0.217 e. The molecular weight excluding hydrogens is 292 g/mol. The van der Waals surface area contributed by atoms with Crippen LogP contribution in [0.4, 0.5) is 0 Å². The molecule has 4 rings (SSSR count). The quantitative estimate of drug-likeness (QED) is 0.805. The minimum absolute atomic E-state index is 0.227. The lowest BCUT2D eigenvalue weighted by atomic mass is 10.1. The predicted molar refractivity (Wildman–Crippen MR) is 86.4 cm³/mol. The van der Waals surface area contributed by atoms with Crippen molar-refractivity contribution < 1.29 is 14.2 Å². The molecule has 5 nitrogen and oxygen atoms in total. The average Bonchev–Trinajstić information content (AvgIpc) is 3.33. The number of aromatic nitrogens is 1. The first-order valence-electron chi connectivity index (χ1n) is 8.80. The molecule has 3 fully saturated rings. The van der Waals surface area contributed by atoms with Gasteiger partial charge in [0, 0.05) is 37.5 Å². The third-order valence-electron chi connectivity index (χ3n) is 5.31. The third-order valence-corrected chi connectivity index (χ3v) is 5.31. The molecule has 2 saturated carbocycles. The van der Waals surface area contributed by atoms with Crippen molar-refractivity contribution in [3.8, 4) is 5.88 Å². The largest absolute Gasteiger partial charge is 0.481 e. The van der Waals surface area contributed by atoms with Gasteiger partial charge in [-0.3, -0.25) is 4.90 Å². The average molecular weight is 318 g/mol. The fraction of sp³-hybridized carbons (Fsp3) is 0.722. The Hall–Kier alpha value is -1.17. The van der Waals surface area contributed by atoms with Gasteiger partial charge in [0.05, 0.1) is 25.9 Å². The van der Waals surface area contributed by atoms with Gasteiger partial charge in [0.15, 0.2) is 0 Å². The van der Waals surface area contributed by atoms with Crippen LogP contribution < -0.4 is 4.74 Å². The Morgan fingerprint density at radius 3 is 3.04 bits per heavy atom. The molecule has 2 heterocycles. The molecule has 0 radical (unpaired) electrons. The van der Waals surface area contributed by atoms with E-state index in [9.17, 15) is 0 Å². The molecule has 0 amide bonds. The second kappa shape index (κ2) is 6.75. The molecular formula is C18H26N2O3. The van der Waals surface area contributed by atoms with E-state index < -0.39 is 0 Å². The number of rotatable bonds is 6. The second-order valence-corrected chi connectivity index (χ2v) is 6.94. The molecule has 5 heteroatoms. The Kier molecular flexibility index (Phi) is 4.51. The molecule has 1 aliphatic heterocycles. The first-order valence-corrected chi connectivity index (χ1v) is 8.80. The lowest BCUT2D eigenvalue weighted by Gasteiger charge is -2.39. The number of hydrogen-bond donors (Lipinski definition) is 0. The Balaban J connectivity index is 1.41. The molecule has 3 aliphatic rings. The van der Waals surface area contributed by atoms with Crippen molar-refractivity contribution in [3.63, 3.8) is 0 Å². The maximum atomic E-state index is 6.15. The van der Waals surface area contributed by atoms with Crippen LogP contribution in [0.25, 0.3) is 0 Å². The molecule has 1 saturated heterocycles. The Bertz CT molecular complexity index is 535. The van der Waals surface area contributed by atoms with Gasteiger partial charge in [-0.15, -0.1) is 0 Å². The highest BCUT2D eigenvalue weighted by molar-refractivity contribution is 5.25. The van der Waals surface area contributed by atoms with Crippen LogP contribution in [0.3, 0.4) is 0 Å². The Morgan fingerprint density at radius 2 is 2.22 bits per heavy atom. The zero-order chi connectivity index (χ0) is 15.6. The SMILES string of the molecule is COc1ncccc1CN1CCO[C@H]2[C@H](OCC3CC3)CC[C@@H]21. The summed E-state index contributed by atoms with van der Waals surface area (Å²) < 4.78 is 17.6. The summed E-state index contributed by atoms with van der Waals surface area (Å²) in [4.78, 5) is 6.84. The van der Waals surface area contributed by atoms with Crippen molar-refractivity contribution in [1.29, 1.82) is 0 Å². The Morgan fingerprint density at radius 1 is 1.30 bits per heavy atom. The van der Waals surface area contributed by atoms with Crippen LogP contribution in [-0.2, 0) is 16.0 Å². The van der Waals surface area contributed by atoms with Crippen molar-refractivity contribution in [1.82, 2.24) is 9.88 Å². The molecule has 2 aliphatic carbocycles. The van der Waals surface area contributed by atoms with Gasteiger partial charge < -0.3 is 14.2 Å². The van der Waals surface area contributed by atoms with Crippen molar-refractivity contribution in [2.45, 2.75) is 50.5 Å². The van der Waals surface area contributed by atoms with Crippen LogP contribution in [0, 0.1) is 5.92 Å². The van der Waals surface area contributed by atoms with Gasteiger partial charge in [0.1, 0.15) is 0 Å². The van der Waals surface area contributed by atoms with Crippen molar-refractivity contribution >= 4 is 0 Å². The van der Waals surface area contributed by atoms with Crippen LogP contribution in [0.5, 0.6) is 5.88 Å². The van der Waals surface area contributed by atoms with E-state index in [1.807, 2.05) is 6.07 Å². The molecule has 126 valence electrons. The van der Waals surface area contributed by atoms with Crippen LogP contribution in [-0.4, -0.2) is 55.0 Å². The normalized spacial score (nSPS) is 31.1. The molecule has 0 N–H and O–H groups in total.